The second-order valence-corrected chi connectivity index (χ2v) is 9.36. The fourth-order valence-corrected chi connectivity index (χ4v) is 5.15. The lowest BCUT2D eigenvalue weighted by Gasteiger charge is -2.46. The normalized spacial score (nSPS) is 36.3. The highest BCUT2D eigenvalue weighted by molar-refractivity contribution is 4.96. The van der Waals surface area contributed by atoms with E-state index in [1.807, 2.05) is 0 Å². The zero-order chi connectivity index (χ0) is 20.1. The molecule has 3 saturated heterocycles. The Bertz CT molecular complexity index is 422. The molecule has 0 aliphatic carbocycles. The zero-order valence-corrected chi connectivity index (χ0v) is 18.6. The molecule has 0 aromatic carbocycles. The second kappa shape index (κ2) is 10.2. The third kappa shape index (κ3) is 6.38. The van der Waals surface area contributed by atoms with Gasteiger partial charge in [0.15, 0.2) is 0 Å². The largest absolute Gasteiger partial charge is 0.379 e. The molecule has 28 heavy (non-hydrogen) atoms. The van der Waals surface area contributed by atoms with E-state index in [0.717, 1.165) is 78.4 Å². The van der Waals surface area contributed by atoms with Crippen molar-refractivity contribution >= 4 is 0 Å². The van der Waals surface area contributed by atoms with Crippen LogP contribution in [0, 0.1) is 6.92 Å². The Labute approximate surface area is 172 Å². The topological polar surface area (TPSA) is 37.4 Å². The highest BCUT2D eigenvalue weighted by Gasteiger charge is 2.35. The van der Waals surface area contributed by atoms with Crippen molar-refractivity contribution in [3.8, 4) is 0 Å². The Morgan fingerprint density at radius 2 is 1.14 bits per heavy atom. The number of nitrogens with zero attached hydrogens (tertiary/aromatic N) is 3. The predicted molar refractivity (Wildman–Crippen MR) is 113 cm³/mol. The molecule has 0 saturated carbocycles. The number of morpholine rings is 3. The molecule has 0 N–H and O–H groups in total. The monoisotopic (exact) mass is 396 g/mol. The van der Waals surface area contributed by atoms with E-state index < -0.39 is 0 Å². The maximum atomic E-state index is 5.91. The first kappa shape index (κ1) is 22.4. The van der Waals surface area contributed by atoms with E-state index in [9.17, 15) is 0 Å². The molecule has 0 aromatic heterocycles. The van der Waals surface area contributed by atoms with Crippen molar-refractivity contribution in [3.05, 3.63) is 6.92 Å². The van der Waals surface area contributed by atoms with Crippen LogP contribution in [-0.2, 0) is 14.2 Å². The summed E-state index contributed by atoms with van der Waals surface area (Å²) in [6.45, 7) is 23.5. The molecule has 4 atom stereocenters. The fourth-order valence-electron chi connectivity index (χ4n) is 5.15. The molecule has 6 nitrogen and oxygen atoms in total. The molecule has 3 aliphatic rings. The highest BCUT2D eigenvalue weighted by Crippen LogP contribution is 2.27. The molecule has 163 valence electrons. The van der Waals surface area contributed by atoms with E-state index in [1.165, 1.54) is 0 Å². The molecular weight excluding hydrogens is 354 g/mol. The average molecular weight is 397 g/mol. The molecule has 1 radical (unpaired) electrons. The van der Waals surface area contributed by atoms with Gasteiger partial charge in [0, 0.05) is 57.9 Å². The summed E-state index contributed by atoms with van der Waals surface area (Å²) in [5.74, 6) is 0. The van der Waals surface area contributed by atoms with Crippen molar-refractivity contribution in [1.82, 2.24) is 14.7 Å². The van der Waals surface area contributed by atoms with Crippen molar-refractivity contribution in [3.63, 3.8) is 0 Å². The van der Waals surface area contributed by atoms with E-state index in [1.54, 1.807) is 0 Å². The Hall–Kier alpha value is -0.240. The maximum Gasteiger partial charge on any atom is 0.0678 e. The van der Waals surface area contributed by atoms with Crippen LogP contribution in [0.3, 0.4) is 0 Å². The summed E-state index contributed by atoms with van der Waals surface area (Å²) in [6, 6.07) is 0. The summed E-state index contributed by atoms with van der Waals surface area (Å²) in [5, 5.41) is 0. The molecule has 3 aliphatic heterocycles. The Kier molecular flexibility index (Phi) is 8.16. The van der Waals surface area contributed by atoms with Crippen molar-refractivity contribution < 1.29 is 14.2 Å². The van der Waals surface area contributed by atoms with Gasteiger partial charge < -0.3 is 14.2 Å². The number of rotatable bonds is 7. The summed E-state index contributed by atoms with van der Waals surface area (Å²) < 4.78 is 17.4. The van der Waals surface area contributed by atoms with Gasteiger partial charge in [-0.15, -0.1) is 0 Å². The van der Waals surface area contributed by atoms with E-state index in [0.29, 0.717) is 24.4 Å². The first-order valence-corrected chi connectivity index (χ1v) is 11.3. The molecule has 4 unspecified atom stereocenters. The van der Waals surface area contributed by atoms with Gasteiger partial charge in [-0.3, -0.25) is 14.7 Å². The van der Waals surface area contributed by atoms with Gasteiger partial charge in [-0.2, -0.15) is 0 Å². The average Bonchev–Trinajstić information content (AvgIpc) is 2.64. The van der Waals surface area contributed by atoms with Gasteiger partial charge in [-0.05, 0) is 47.5 Å². The van der Waals surface area contributed by atoms with Crippen LogP contribution in [0.25, 0.3) is 0 Å². The summed E-state index contributed by atoms with van der Waals surface area (Å²) >= 11 is 0. The first-order valence-electron chi connectivity index (χ1n) is 11.3. The van der Waals surface area contributed by atoms with Crippen LogP contribution < -0.4 is 0 Å². The van der Waals surface area contributed by atoms with Crippen LogP contribution in [0.4, 0.5) is 0 Å². The van der Waals surface area contributed by atoms with Gasteiger partial charge >= 0.3 is 0 Å². The summed E-state index contributed by atoms with van der Waals surface area (Å²) in [6.07, 6.45) is 3.49. The van der Waals surface area contributed by atoms with E-state index in [2.05, 4.69) is 42.4 Å². The van der Waals surface area contributed by atoms with Gasteiger partial charge in [-0.25, -0.2) is 0 Å². The summed E-state index contributed by atoms with van der Waals surface area (Å²) in [7, 11) is 0. The standard InChI is InChI=1S/C22H42N3O3/c1-18-14-23(15-19(2)27-18)8-6-22(5,25-10-12-26-13-11-25)7-9-24-16-20(3)28-21(4)17-24/h18-21H,5-17H2,1-4H3. The fraction of sp³-hybridized carbons (Fsp3) is 0.955. The molecule has 3 rings (SSSR count). The predicted octanol–water partition coefficient (Wildman–Crippen LogP) is 1.89. The lowest BCUT2D eigenvalue weighted by atomic mass is 9.89. The molecule has 0 spiro atoms. The minimum atomic E-state index is -0.0284. The van der Waals surface area contributed by atoms with Gasteiger partial charge in [0.25, 0.3) is 0 Å². The van der Waals surface area contributed by atoms with Crippen LogP contribution >= 0.6 is 0 Å². The minimum absolute atomic E-state index is 0.0284. The minimum Gasteiger partial charge on any atom is -0.379 e. The van der Waals surface area contributed by atoms with Gasteiger partial charge in [0.05, 0.1) is 37.6 Å². The van der Waals surface area contributed by atoms with Gasteiger partial charge in [0.1, 0.15) is 0 Å². The number of hydrogen-bond donors (Lipinski definition) is 0. The van der Waals surface area contributed by atoms with Gasteiger partial charge in [-0.1, -0.05) is 0 Å². The number of hydrogen-bond acceptors (Lipinski definition) is 6. The first-order chi connectivity index (χ1) is 13.3. The van der Waals surface area contributed by atoms with Crippen molar-refractivity contribution in [1.29, 1.82) is 0 Å². The lowest BCUT2D eigenvalue weighted by molar-refractivity contribution is -0.0789. The number of ether oxygens (including phenoxy) is 3. The van der Waals surface area contributed by atoms with Crippen molar-refractivity contribution in [2.45, 2.75) is 70.5 Å². The Balaban J connectivity index is 1.58. The molecular formula is C22H42N3O3. The van der Waals surface area contributed by atoms with Crippen LogP contribution in [0.1, 0.15) is 40.5 Å². The van der Waals surface area contributed by atoms with E-state index in [-0.39, 0.29) is 5.54 Å². The molecule has 3 fully saturated rings. The highest BCUT2D eigenvalue weighted by atomic mass is 16.5. The Morgan fingerprint density at radius 3 is 1.54 bits per heavy atom. The SMILES string of the molecule is [CH2]C(CCN1CC(C)OC(C)C1)(CCN1CC(C)OC(C)C1)N1CCOCC1. The molecule has 0 amide bonds. The smallest absolute Gasteiger partial charge is 0.0678 e. The third-order valence-corrected chi connectivity index (χ3v) is 6.46. The van der Waals surface area contributed by atoms with Crippen LogP contribution in [-0.4, -0.2) is 110 Å². The molecule has 0 aromatic rings. The maximum absolute atomic E-state index is 5.91. The quantitative estimate of drug-likeness (QED) is 0.654. The van der Waals surface area contributed by atoms with Crippen molar-refractivity contribution in [2.75, 3.05) is 65.6 Å². The van der Waals surface area contributed by atoms with Crippen LogP contribution in [0.2, 0.25) is 0 Å². The van der Waals surface area contributed by atoms with E-state index >= 15 is 0 Å². The summed E-state index contributed by atoms with van der Waals surface area (Å²) in [5.41, 5.74) is -0.0284. The molecule has 0 bridgehead atoms. The second-order valence-electron chi connectivity index (χ2n) is 9.36. The van der Waals surface area contributed by atoms with E-state index in [4.69, 9.17) is 21.1 Å². The lowest BCUT2D eigenvalue weighted by Crippen LogP contribution is -2.56. The van der Waals surface area contributed by atoms with Gasteiger partial charge in [0.2, 0.25) is 0 Å². The molecule has 3 heterocycles. The molecule has 6 heteroatoms. The van der Waals surface area contributed by atoms with Crippen molar-refractivity contribution in [2.24, 2.45) is 0 Å². The summed E-state index contributed by atoms with van der Waals surface area (Å²) in [4.78, 5) is 7.72. The van der Waals surface area contributed by atoms with Crippen LogP contribution in [0.5, 0.6) is 0 Å². The van der Waals surface area contributed by atoms with Crippen LogP contribution in [0.15, 0.2) is 0 Å². The zero-order valence-electron chi connectivity index (χ0n) is 18.6. The third-order valence-electron chi connectivity index (χ3n) is 6.46. The Morgan fingerprint density at radius 1 is 0.750 bits per heavy atom.